The highest BCUT2D eigenvalue weighted by molar-refractivity contribution is 4.89. The maximum atomic E-state index is 3.49. The summed E-state index contributed by atoms with van der Waals surface area (Å²) in [6, 6.07) is 1.71. The van der Waals surface area contributed by atoms with Crippen LogP contribution in [0.25, 0.3) is 0 Å². The molecule has 16 heavy (non-hydrogen) atoms. The van der Waals surface area contributed by atoms with Crippen molar-refractivity contribution in [2.45, 2.75) is 45.2 Å². The number of likely N-dealkylation sites (N-methyl/N-ethyl adjacent to an activating group) is 1. The first-order valence-electron chi connectivity index (χ1n) is 7.04. The molecule has 94 valence electrons. The Hall–Kier alpha value is -0.120. The van der Waals surface area contributed by atoms with Gasteiger partial charge in [-0.2, -0.15) is 0 Å². The average Bonchev–Trinajstić information content (AvgIpc) is 3.15. The minimum atomic E-state index is 0.751. The van der Waals surface area contributed by atoms with Crippen molar-refractivity contribution in [2.24, 2.45) is 0 Å². The minimum absolute atomic E-state index is 0.751. The molecule has 1 aliphatic heterocycles. The summed E-state index contributed by atoms with van der Waals surface area (Å²) in [5.41, 5.74) is 0. The van der Waals surface area contributed by atoms with Crippen molar-refractivity contribution in [1.82, 2.24) is 15.1 Å². The first-order chi connectivity index (χ1) is 7.85. The van der Waals surface area contributed by atoms with Crippen LogP contribution in [0.1, 0.15) is 33.1 Å². The molecule has 0 spiro atoms. The topological polar surface area (TPSA) is 18.5 Å². The lowest BCUT2D eigenvalue weighted by atomic mass is 10.1. The van der Waals surface area contributed by atoms with E-state index in [9.17, 15) is 0 Å². The highest BCUT2D eigenvalue weighted by Gasteiger charge is 2.32. The zero-order valence-electron chi connectivity index (χ0n) is 10.9. The fourth-order valence-electron chi connectivity index (χ4n) is 2.75. The molecule has 0 bridgehead atoms. The first-order valence-corrected chi connectivity index (χ1v) is 7.04. The predicted molar refractivity (Wildman–Crippen MR) is 68.8 cm³/mol. The molecule has 0 amide bonds. The van der Waals surface area contributed by atoms with E-state index in [0.29, 0.717) is 0 Å². The Labute approximate surface area is 100 Å². The van der Waals surface area contributed by atoms with Crippen LogP contribution in [0.2, 0.25) is 0 Å². The highest BCUT2D eigenvalue weighted by atomic mass is 15.3. The van der Waals surface area contributed by atoms with E-state index in [1.807, 2.05) is 0 Å². The van der Waals surface area contributed by atoms with Crippen molar-refractivity contribution in [2.75, 3.05) is 39.3 Å². The summed E-state index contributed by atoms with van der Waals surface area (Å²) >= 11 is 0. The maximum absolute atomic E-state index is 3.49. The quantitative estimate of drug-likeness (QED) is 0.732. The van der Waals surface area contributed by atoms with Crippen LogP contribution in [-0.4, -0.2) is 61.2 Å². The zero-order valence-corrected chi connectivity index (χ0v) is 10.9. The van der Waals surface area contributed by atoms with Crippen LogP contribution >= 0.6 is 0 Å². The number of hydrogen-bond acceptors (Lipinski definition) is 3. The summed E-state index contributed by atoms with van der Waals surface area (Å²) in [4.78, 5) is 5.37. The second-order valence-electron chi connectivity index (χ2n) is 5.17. The van der Waals surface area contributed by atoms with Crippen LogP contribution in [-0.2, 0) is 0 Å². The van der Waals surface area contributed by atoms with Gasteiger partial charge in [0.25, 0.3) is 0 Å². The second kappa shape index (κ2) is 5.99. The molecule has 1 N–H and O–H groups in total. The third-order valence-corrected chi connectivity index (χ3v) is 4.03. The van der Waals surface area contributed by atoms with E-state index in [2.05, 4.69) is 29.0 Å². The molecule has 3 nitrogen and oxygen atoms in total. The highest BCUT2D eigenvalue weighted by Crippen LogP contribution is 2.27. The third kappa shape index (κ3) is 3.19. The van der Waals surface area contributed by atoms with Crippen molar-refractivity contribution in [1.29, 1.82) is 0 Å². The van der Waals surface area contributed by atoms with Crippen molar-refractivity contribution in [3.05, 3.63) is 0 Å². The van der Waals surface area contributed by atoms with E-state index in [-0.39, 0.29) is 0 Å². The van der Waals surface area contributed by atoms with Gasteiger partial charge in [0, 0.05) is 44.8 Å². The largest absolute Gasteiger partial charge is 0.315 e. The summed E-state index contributed by atoms with van der Waals surface area (Å²) in [5.74, 6) is 0. The van der Waals surface area contributed by atoms with Gasteiger partial charge in [0.05, 0.1) is 0 Å². The molecule has 1 atom stereocenters. The first kappa shape index (κ1) is 12.3. The maximum Gasteiger partial charge on any atom is 0.0219 e. The molecule has 1 saturated carbocycles. The molecule has 0 radical (unpaired) electrons. The van der Waals surface area contributed by atoms with Crippen molar-refractivity contribution >= 4 is 0 Å². The van der Waals surface area contributed by atoms with Gasteiger partial charge in [-0.3, -0.25) is 9.80 Å². The van der Waals surface area contributed by atoms with Gasteiger partial charge in [0.1, 0.15) is 0 Å². The molecule has 2 rings (SSSR count). The average molecular weight is 225 g/mol. The lowest BCUT2D eigenvalue weighted by Gasteiger charge is -2.39. The third-order valence-electron chi connectivity index (χ3n) is 4.03. The van der Waals surface area contributed by atoms with Gasteiger partial charge in [-0.15, -0.1) is 0 Å². The van der Waals surface area contributed by atoms with E-state index in [4.69, 9.17) is 0 Å². The number of rotatable bonds is 6. The number of hydrogen-bond donors (Lipinski definition) is 1. The van der Waals surface area contributed by atoms with Crippen LogP contribution < -0.4 is 5.32 Å². The Morgan fingerprint density at radius 1 is 1.12 bits per heavy atom. The van der Waals surface area contributed by atoms with Crippen LogP contribution in [0.15, 0.2) is 0 Å². The number of nitrogens with one attached hydrogen (secondary N) is 1. The SMILES string of the molecule is CCNCC(CC)N1CCN(C2CC2)CC1. The van der Waals surface area contributed by atoms with E-state index >= 15 is 0 Å². The molecule has 2 aliphatic rings. The Kier molecular flexibility index (Phi) is 4.62. The second-order valence-corrected chi connectivity index (χ2v) is 5.17. The van der Waals surface area contributed by atoms with E-state index in [1.54, 1.807) is 0 Å². The van der Waals surface area contributed by atoms with Gasteiger partial charge in [-0.25, -0.2) is 0 Å². The van der Waals surface area contributed by atoms with Gasteiger partial charge in [-0.1, -0.05) is 13.8 Å². The molecular formula is C13H27N3. The van der Waals surface area contributed by atoms with Crippen molar-refractivity contribution in [3.8, 4) is 0 Å². The molecule has 0 aromatic heterocycles. The normalized spacial score (nSPS) is 25.9. The smallest absolute Gasteiger partial charge is 0.0219 e. The predicted octanol–water partition coefficient (Wildman–Crippen LogP) is 1.15. The fourth-order valence-corrected chi connectivity index (χ4v) is 2.75. The monoisotopic (exact) mass is 225 g/mol. The van der Waals surface area contributed by atoms with Gasteiger partial charge < -0.3 is 5.32 Å². The van der Waals surface area contributed by atoms with E-state index < -0.39 is 0 Å². The van der Waals surface area contributed by atoms with Crippen LogP contribution in [0.5, 0.6) is 0 Å². The Bertz CT molecular complexity index is 195. The zero-order chi connectivity index (χ0) is 11.4. The summed E-state index contributed by atoms with van der Waals surface area (Å²) in [5, 5.41) is 3.49. The minimum Gasteiger partial charge on any atom is -0.315 e. The van der Waals surface area contributed by atoms with Gasteiger partial charge in [-0.05, 0) is 25.8 Å². The molecule has 1 aliphatic carbocycles. The van der Waals surface area contributed by atoms with Crippen molar-refractivity contribution in [3.63, 3.8) is 0 Å². The van der Waals surface area contributed by atoms with Crippen LogP contribution in [0.4, 0.5) is 0 Å². The Morgan fingerprint density at radius 2 is 1.81 bits per heavy atom. The molecular weight excluding hydrogens is 198 g/mol. The molecule has 2 fully saturated rings. The van der Waals surface area contributed by atoms with E-state index in [0.717, 1.165) is 25.2 Å². The number of nitrogens with zero attached hydrogens (tertiary/aromatic N) is 2. The standard InChI is InChI=1S/C13H27N3/c1-3-12(11-14-4-2)15-7-9-16(10-8-15)13-5-6-13/h12-14H,3-11H2,1-2H3. The summed E-state index contributed by atoms with van der Waals surface area (Å²) in [6.07, 6.45) is 4.18. The van der Waals surface area contributed by atoms with Crippen molar-refractivity contribution < 1.29 is 0 Å². The van der Waals surface area contributed by atoms with E-state index in [1.165, 1.54) is 45.4 Å². The van der Waals surface area contributed by atoms with Gasteiger partial charge >= 0.3 is 0 Å². The Morgan fingerprint density at radius 3 is 2.31 bits per heavy atom. The van der Waals surface area contributed by atoms with Gasteiger partial charge in [0.2, 0.25) is 0 Å². The fraction of sp³-hybridized carbons (Fsp3) is 1.00. The molecule has 3 heteroatoms. The summed E-state index contributed by atoms with van der Waals surface area (Å²) < 4.78 is 0. The molecule has 1 heterocycles. The molecule has 0 aromatic rings. The molecule has 0 aromatic carbocycles. The lowest BCUT2D eigenvalue weighted by molar-refractivity contribution is 0.0891. The lowest BCUT2D eigenvalue weighted by Crippen LogP contribution is -2.53. The van der Waals surface area contributed by atoms with Crippen LogP contribution in [0, 0.1) is 0 Å². The number of piperazine rings is 1. The Balaban J connectivity index is 1.72. The molecule has 1 saturated heterocycles. The molecule has 1 unspecified atom stereocenters. The summed E-state index contributed by atoms with van der Waals surface area (Å²) in [6.45, 7) is 11.9. The van der Waals surface area contributed by atoms with Crippen LogP contribution in [0.3, 0.4) is 0 Å². The summed E-state index contributed by atoms with van der Waals surface area (Å²) in [7, 11) is 0. The van der Waals surface area contributed by atoms with Gasteiger partial charge in [0.15, 0.2) is 0 Å².